The number of nitrogens with zero attached hydrogens (tertiary/aromatic N) is 3. The lowest BCUT2D eigenvalue weighted by atomic mass is 10.1. The van der Waals surface area contributed by atoms with E-state index >= 15 is 0 Å². The molecule has 6 heteroatoms. The number of hydrogen-bond donors (Lipinski definition) is 1. The second-order valence-corrected chi connectivity index (χ2v) is 4.78. The quantitative estimate of drug-likeness (QED) is 0.824. The molecule has 2 rings (SSSR count). The van der Waals surface area contributed by atoms with Crippen LogP contribution in [0.2, 0.25) is 0 Å². The van der Waals surface area contributed by atoms with Gasteiger partial charge in [0.15, 0.2) is 0 Å². The lowest BCUT2D eigenvalue weighted by Crippen LogP contribution is -2.19. The van der Waals surface area contributed by atoms with Gasteiger partial charge in [0.2, 0.25) is 0 Å². The van der Waals surface area contributed by atoms with E-state index < -0.39 is 5.97 Å². The molecule has 1 aromatic carbocycles. The Hall–Kier alpha value is -2.21. The second-order valence-electron chi connectivity index (χ2n) is 4.78. The maximum Gasteiger partial charge on any atom is 0.377 e. The minimum Gasteiger partial charge on any atom is -0.463 e. The van der Waals surface area contributed by atoms with Gasteiger partial charge in [-0.1, -0.05) is 19.1 Å². The minimum atomic E-state index is -0.539. The average Bonchev–Trinajstić information content (AvgIpc) is 3.02. The molecular formula is C15H20N4O2. The van der Waals surface area contributed by atoms with Crippen LogP contribution in [0.4, 0.5) is 0 Å². The van der Waals surface area contributed by atoms with Crippen molar-refractivity contribution >= 4 is 5.97 Å². The fraction of sp³-hybridized carbons (Fsp3) is 0.400. The normalized spacial score (nSPS) is 12.1. The monoisotopic (exact) mass is 288 g/mol. The van der Waals surface area contributed by atoms with Gasteiger partial charge in [-0.25, -0.2) is 14.5 Å². The van der Waals surface area contributed by atoms with Crippen molar-refractivity contribution in [2.75, 3.05) is 13.7 Å². The number of aromatic nitrogens is 3. The van der Waals surface area contributed by atoms with Crippen molar-refractivity contribution in [3.63, 3.8) is 0 Å². The molecule has 0 radical (unpaired) electrons. The van der Waals surface area contributed by atoms with Crippen molar-refractivity contribution in [3.05, 3.63) is 42.0 Å². The Morgan fingerprint density at radius 3 is 3.00 bits per heavy atom. The van der Waals surface area contributed by atoms with Crippen LogP contribution in [0.3, 0.4) is 0 Å². The van der Waals surface area contributed by atoms with Crippen molar-refractivity contribution in [2.24, 2.45) is 0 Å². The number of esters is 1. The third-order valence-electron chi connectivity index (χ3n) is 3.20. The van der Waals surface area contributed by atoms with Crippen LogP contribution in [0.5, 0.6) is 0 Å². The fourth-order valence-electron chi connectivity index (χ4n) is 1.99. The van der Waals surface area contributed by atoms with Crippen LogP contribution in [0.1, 0.15) is 42.5 Å². The highest BCUT2D eigenvalue weighted by Crippen LogP contribution is 2.16. The molecule has 0 aliphatic carbocycles. The van der Waals surface area contributed by atoms with Crippen LogP contribution >= 0.6 is 0 Å². The maximum atomic E-state index is 11.4. The van der Waals surface area contributed by atoms with Crippen LogP contribution < -0.4 is 5.32 Å². The molecule has 0 spiro atoms. The first-order valence-electron chi connectivity index (χ1n) is 6.99. The minimum absolute atomic E-state index is 0.0556. The van der Waals surface area contributed by atoms with E-state index in [9.17, 15) is 4.79 Å². The summed E-state index contributed by atoms with van der Waals surface area (Å²) in [5.41, 5.74) is 2.02. The molecule has 0 aliphatic heterocycles. The Morgan fingerprint density at radius 1 is 1.48 bits per heavy atom. The molecule has 0 amide bonds. The molecule has 112 valence electrons. The zero-order chi connectivity index (χ0) is 15.2. The standard InChI is InChI=1S/C15H20N4O2/c1-4-8-16-11(2)12-6-5-7-13(9-12)19-10-17-14(18-19)15(20)21-3/h5-7,9-11,16H,4,8H2,1-3H3. The van der Waals surface area contributed by atoms with Crippen molar-refractivity contribution in [2.45, 2.75) is 26.3 Å². The Kier molecular flexibility index (Phi) is 5.05. The third-order valence-corrected chi connectivity index (χ3v) is 3.20. The lowest BCUT2D eigenvalue weighted by Gasteiger charge is -2.14. The number of methoxy groups -OCH3 is 1. The zero-order valence-corrected chi connectivity index (χ0v) is 12.5. The summed E-state index contributed by atoms with van der Waals surface area (Å²) in [6, 6.07) is 8.24. The van der Waals surface area contributed by atoms with Crippen LogP contribution in [0.25, 0.3) is 5.69 Å². The van der Waals surface area contributed by atoms with Crippen LogP contribution in [-0.4, -0.2) is 34.4 Å². The summed E-state index contributed by atoms with van der Waals surface area (Å²) in [6.45, 7) is 5.23. The highest BCUT2D eigenvalue weighted by Gasteiger charge is 2.12. The summed E-state index contributed by atoms with van der Waals surface area (Å²) in [7, 11) is 1.31. The van der Waals surface area contributed by atoms with Crippen molar-refractivity contribution < 1.29 is 9.53 Å². The Labute approximate surface area is 124 Å². The first-order valence-corrected chi connectivity index (χ1v) is 6.99. The molecule has 2 aromatic rings. The summed E-state index contributed by atoms with van der Waals surface area (Å²) in [5, 5.41) is 7.56. The van der Waals surface area contributed by atoms with Gasteiger partial charge >= 0.3 is 5.97 Å². The third kappa shape index (κ3) is 3.66. The summed E-state index contributed by atoms with van der Waals surface area (Å²) in [4.78, 5) is 15.3. The van der Waals surface area contributed by atoms with Crippen LogP contribution in [-0.2, 0) is 4.74 Å². The number of hydrogen-bond acceptors (Lipinski definition) is 5. The predicted molar refractivity (Wildman–Crippen MR) is 79.4 cm³/mol. The average molecular weight is 288 g/mol. The van der Waals surface area contributed by atoms with Crippen molar-refractivity contribution in [3.8, 4) is 5.69 Å². The summed E-state index contributed by atoms with van der Waals surface area (Å²) in [6.07, 6.45) is 2.60. The van der Waals surface area contributed by atoms with Gasteiger partial charge in [0.1, 0.15) is 6.33 Å². The number of carbonyl (C=O) groups is 1. The Balaban J connectivity index is 2.20. The molecule has 1 aromatic heterocycles. The van der Waals surface area contributed by atoms with Gasteiger partial charge in [-0.3, -0.25) is 0 Å². The predicted octanol–water partition coefficient (Wildman–Crippen LogP) is 2.11. The number of nitrogens with one attached hydrogen (secondary N) is 1. The topological polar surface area (TPSA) is 69.0 Å². The molecule has 1 unspecified atom stereocenters. The maximum absolute atomic E-state index is 11.4. The number of carbonyl (C=O) groups excluding carboxylic acids is 1. The zero-order valence-electron chi connectivity index (χ0n) is 12.5. The van der Waals surface area contributed by atoms with Gasteiger partial charge in [-0.2, -0.15) is 0 Å². The molecule has 6 nitrogen and oxygen atoms in total. The highest BCUT2D eigenvalue weighted by atomic mass is 16.5. The Bertz CT molecular complexity index is 609. The molecule has 0 bridgehead atoms. The van der Waals surface area contributed by atoms with E-state index in [0.29, 0.717) is 0 Å². The van der Waals surface area contributed by atoms with Crippen molar-refractivity contribution in [1.82, 2.24) is 20.1 Å². The summed E-state index contributed by atoms with van der Waals surface area (Å²) < 4.78 is 6.18. The van der Waals surface area contributed by atoms with Gasteiger partial charge < -0.3 is 10.1 Å². The highest BCUT2D eigenvalue weighted by molar-refractivity contribution is 5.84. The van der Waals surface area contributed by atoms with Gasteiger partial charge in [-0.15, -0.1) is 5.10 Å². The molecule has 1 atom stereocenters. The van der Waals surface area contributed by atoms with E-state index in [1.807, 2.05) is 18.2 Å². The lowest BCUT2D eigenvalue weighted by molar-refractivity contribution is 0.0587. The van der Waals surface area contributed by atoms with E-state index in [4.69, 9.17) is 0 Å². The van der Waals surface area contributed by atoms with Gasteiger partial charge in [0, 0.05) is 6.04 Å². The van der Waals surface area contributed by atoms with E-state index in [0.717, 1.165) is 24.2 Å². The van der Waals surface area contributed by atoms with E-state index in [1.54, 1.807) is 4.68 Å². The number of ether oxygens (including phenoxy) is 1. The molecule has 21 heavy (non-hydrogen) atoms. The number of benzene rings is 1. The van der Waals surface area contributed by atoms with Gasteiger partial charge in [0.05, 0.1) is 12.8 Å². The molecule has 0 saturated carbocycles. The molecule has 0 fully saturated rings. The number of rotatable bonds is 6. The SMILES string of the molecule is CCCNC(C)c1cccc(-n2cnc(C(=O)OC)n2)c1. The molecule has 1 N–H and O–H groups in total. The first kappa shape index (κ1) is 15.2. The fourth-order valence-corrected chi connectivity index (χ4v) is 1.99. The largest absolute Gasteiger partial charge is 0.463 e. The first-order chi connectivity index (χ1) is 10.2. The van der Waals surface area contributed by atoms with Gasteiger partial charge in [0.25, 0.3) is 5.82 Å². The van der Waals surface area contributed by atoms with E-state index in [-0.39, 0.29) is 11.9 Å². The molecule has 1 heterocycles. The summed E-state index contributed by atoms with van der Waals surface area (Å²) >= 11 is 0. The van der Waals surface area contributed by atoms with Crippen LogP contribution in [0.15, 0.2) is 30.6 Å². The Morgan fingerprint density at radius 2 is 2.29 bits per heavy atom. The van der Waals surface area contributed by atoms with E-state index in [1.165, 1.54) is 13.4 Å². The molecule has 0 saturated heterocycles. The van der Waals surface area contributed by atoms with Crippen LogP contribution in [0, 0.1) is 0 Å². The second kappa shape index (κ2) is 6.99. The smallest absolute Gasteiger partial charge is 0.377 e. The van der Waals surface area contributed by atoms with Gasteiger partial charge in [-0.05, 0) is 37.6 Å². The summed E-state index contributed by atoms with van der Waals surface area (Å²) in [5.74, 6) is -0.483. The van der Waals surface area contributed by atoms with E-state index in [2.05, 4.69) is 40.1 Å². The molecule has 0 aliphatic rings. The molecular weight excluding hydrogens is 268 g/mol. The van der Waals surface area contributed by atoms with Crippen molar-refractivity contribution in [1.29, 1.82) is 0 Å².